The number of benzene rings is 1. The van der Waals surface area contributed by atoms with E-state index in [2.05, 4.69) is 11.9 Å². The third-order valence-electron chi connectivity index (χ3n) is 4.64. The molecule has 1 fully saturated rings. The number of hydrogen-bond acceptors (Lipinski definition) is 5. The van der Waals surface area contributed by atoms with Crippen LogP contribution in [-0.2, 0) is 16.3 Å². The Bertz CT molecular complexity index is 823. The summed E-state index contributed by atoms with van der Waals surface area (Å²) in [7, 11) is -3.87. The molecular weight excluding hydrogens is 355 g/mol. The van der Waals surface area contributed by atoms with Crippen LogP contribution >= 0.6 is 0 Å². The van der Waals surface area contributed by atoms with Crippen molar-refractivity contribution in [3.05, 3.63) is 36.0 Å². The maximum Gasteiger partial charge on any atom is 0.236 e. The number of aromatic nitrogens is 1. The third-order valence-corrected chi connectivity index (χ3v) is 6.31. The van der Waals surface area contributed by atoms with Crippen molar-refractivity contribution in [3.63, 3.8) is 0 Å². The van der Waals surface area contributed by atoms with Gasteiger partial charge in [-0.05, 0) is 43.5 Å². The predicted octanol–water partition coefficient (Wildman–Crippen LogP) is 4.37. The van der Waals surface area contributed by atoms with Crippen LogP contribution in [0.2, 0.25) is 0 Å². The molecule has 1 aliphatic rings. The monoisotopic (exact) mass is 380 g/mol. The van der Waals surface area contributed by atoms with Crippen LogP contribution in [0, 0.1) is 5.82 Å². The van der Waals surface area contributed by atoms with Crippen molar-refractivity contribution in [2.75, 3.05) is 18.0 Å². The summed E-state index contributed by atoms with van der Waals surface area (Å²) in [5, 5.41) is -0.0443. The first-order valence-corrected chi connectivity index (χ1v) is 10.8. The van der Waals surface area contributed by atoms with Crippen molar-refractivity contribution in [1.29, 1.82) is 0 Å². The zero-order chi connectivity index (χ0) is 18.6. The molecule has 2 aromatic rings. The lowest BCUT2D eigenvalue weighted by atomic mass is 10.2. The first kappa shape index (κ1) is 18.9. The summed E-state index contributed by atoms with van der Waals surface area (Å²) in [6.07, 6.45) is 6.73. The minimum atomic E-state index is -3.87. The SMILES string of the molecule is CCCCc1nc(S(=O)(=O)c2ccc(F)cc2)c(N2CCCCCC2)o1. The number of aryl methyl sites for hydroxylation is 1. The van der Waals surface area contributed by atoms with Crippen molar-refractivity contribution < 1.29 is 17.2 Å². The van der Waals surface area contributed by atoms with Crippen LogP contribution in [0.3, 0.4) is 0 Å². The molecule has 7 heteroatoms. The summed E-state index contributed by atoms with van der Waals surface area (Å²) >= 11 is 0. The van der Waals surface area contributed by atoms with Gasteiger partial charge in [0.05, 0.1) is 4.90 Å². The molecule has 26 heavy (non-hydrogen) atoms. The molecule has 0 N–H and O–H groups in total. The third kappa shape index (κ3) is 4.09. The van der Waals surface area contributed by atoms with E-state index < -0.39 is 15.7 Å². The normalized spacial score (nSPS) is 15.8. The highest BCUT2D eigenvalue weighted by Crippen LogP contribution is 2.33. The summed E-state index contributed by atoms with van der Waals surface area (Å²) in [5.41, 5.74) is 0. The number of unbranched alkanes of at least 4 members (excludes halogenated alkanes) is 1. The fourth-order valence-electron chi connectivity index (χ4n) is 3.15. The Morgan fingerprint density at radius 2 is 1.77 bits per heavy atom. The Labute approximate surface area is 154 Å². The number of hydrogen-bond donors (Lipinski definition) is 0. The van der Waals surface area contributed by atoms with Gasteiger partial charge in [-0.25, -0.2) is 12.8 Å². The van der Waals surface area contributed by atoms with E-state index in [4.69, 9.17) is 4.42 Å². The second-order valence-electron chi connectivity index (χ2n) is 6.68. The maximum atomic E-state index is 13.2. The zero-order valence-electron chi connectivity index (χ0n) is 15.1. The van der Waals surface area contributed by atoms with E-state index in [1.807, 2.05) is 4.90 Å². The highest BCUT2D eigenvalue weighted by molar-refractivity contribution is 7.91. The van der Waals surface area contributed by atoms with Gasteiger partial charge in [0, 0.05) is 19.5 Å². The van der Waals surface area contributed by atoms with E-state index in [1.54, 1.807) is 0 Å². The van der Waals surface area contributed by atoms with Crippen LogP contribution < -0.4 is 4.90 Å². The molecule has 1 aromatic heterocycles. The second kappa shape index (κ2) is 8.20. The Balaban J connectivity index is 2.02. The van der Waals surface area contributed by atoms with Crippen molar-refractivity contribution in [2.24, 2.45) is 0 Å². The summed E-state index contributed by atoms with van der Waals surface area (Å²) < 4.78 is 45.3. The topological polar surface area (TPSA) is 63.4 Å². The largest absolute Gasteiger partial charge is 0.424 e. The standard InChI is InChI=1S/C19H25FN2O3S/c1-2-3-8-17-21-18(19(25-17)22-13-6-4-5-7-14-22)26(23,24)16-11-9-15(20)10-12-16/h9-12H,2-8,13-14H2,1H3. The lowest BCUT2D eigenvalue weighted by Gasteiger charge is -2.20. The molecule has 0 spiro atoms. The van der Waals surface area contributed by atoms with Crippen LogP contribution in [-0.4, -0.2) is 26.5 Å². The Morgan fingerprint density at radius 1 is 1.12 bits per heavy atom. The van der Waals surface area contributed by atoms with Gasteiger partial charge < -0.3 is 9.32 Å². The van der Waals surface area contributed by atoms with E-state index in [-0.39, 0.29) is 9.92 Å². The summed E-state index contributed by atoms with van der Waals surface area (Å²) in [6.45, 7) is 3.58. The van der Waals surface area contributed by atoms with E-state index in [0.717, 1.165) is 63.7 Å². The Kier molecular flexibility index (Phi) is 5.96. The zero-order valence-corrected chi connectivity index (χ0v) is 15.9. The molecule has 0 saturated carbocycles. The summed E-state index contributed by atoms with van der Waals surface area (Å²) in [4.78, 5) is 6.36. The molecule has 1 aromatic carbocycles. The molecule has 5 nitrogen and oxygen atoms in total. The average Bonchev–Trinajstić information content (AvgIpc) is 2.88. The molecule has 3 rings (SSSR count). The van der Waals surface area contributed by atoms with E-state index >= 15 is 0 Å². The van der Waals surface area contributed by atoms with E-state index in [0.29, 0.717) is 18.2 Å². The molecule has 1 aliphatic heterocycles. The van der Waals surface area contributed by atoms with E-state index in [9.17, 15) is 12.8 Å². The molecular formula is C19H25FN2O3S. The number of rotatable bonds is 6. The van der Waals surface area contributed by atoms with E-state index in [1.165, 1.54) is 12.1 Å². The molecule has 0 radical (unpaired) electrons. The van der Waals surface area contributed by atoms with Crippen LogP contribution in [0.15, 0.2) is 38.6 Å². The average molecular weight is 380 g/mol. The highest BCUT2D eigenvalue weighted by atomic mass is 32.2. The fraction of sp³-hybridized carbons (Fsp3) is 0.526. The molecule has 0 unspecified atom stereocenters. The van der Waals surface area contributed by atoms with Crippen molar-refractivity contribution in [2.45, 2.75) is 61.8 Å². The molecule has 0 amide bonds. The lowest BCUT2D eigenvalue weighted by Crippen LogP contribution is -2.25. The van der Waals surface area contributed by atoms with Crippen LogP contribution in [0.25, 0.3) is 0 Å². The molecule has 1 saturated heterocycles. The maximum absolute atomic E-state index is 13.2. The highest BCUT2D eigenvalue weighted by Gasteiger charge is 2.31. The smallest absolute Gasteiger partial charge is 0.236 e. The molecule has 0 aliphatic carbocycles. The predicted molar refractivity (Wildman–Crippen MR) is 97.6 cm³/mol. The second-order valence-corrected chi connectivity index (χ2v) is 8.55. The van der Waals surface area contributed by atoms with Crippen molar-refractivity contribution in [3.8, 4) is 0 Å². The van der Waals surface area contributed by atoms with Crippen molar-refractivity contribution >= 4 is 15.7 Å². The number of nitrogens with zero attached hydrogens (tertiary/aromatic N) is 2. The van der Waals surface area contributed by atoms with Crippen LogP contribution in [0.5, 0.6) is 0 Å². The number of sulfone groups is 1. The molecule has 142 valence electrons. The summed E-state index contributed by atoms with van der Waals surface area (Å²) in [5.74, 6) is 0.314. The Hall–Kier alpha value is -1.89. The first-order valence-electron chi connectivity index (χ1n) is 9.27. The number of oxazole rings is 1. The van der Waals surface area contributed by atoms with Gasteiger partial charge in [0.15, 0.2) is 5.89 Å². The molecule has 0 bridgehead atoms. The fourth-order valence-corrected chi connectivity index (χ4v) is 4.49. The number of halogens is 1. The number of anilines is 1. The first-order chi connectivity index (χ1) is 12.5. The van der Waals surface area contributed by atoms with Gasteiger partial charge >= 0.3 is 0 Å². The van der Waals surface area contributed by atoms with Crippen LogP contribution in [0.4, 0.5) is 10.3 Å². The van der Waals surface area contributed by atoms with Gasteiger partial charge in [-0.2, -0.15) is 4.98 Å². The van der Waals surface area contributed by atoms with Crippen molar-refractivity contribution in [1.82, 2.24) is 4.98 Å². The van der Waals surface area contributed by atoms with Gasteiger partial charge in [0.1, 0.15) is 5.82 Å². The molecule has 2 heterocycles. The minimum absolute atomic E-state index is 0.0327. The summed E-state index contributed by atoms with van der Waals surface area (Å²) in [6, 6.07) is 4.85. The van der Waals surface area contributed by atoms with Crippen LogP contribution in [0.1, 0.15) is 51.3 Å². The molecule has 0 atom stereocenters. The quantitative estimate of drug-likeness (QED) is 0.696. The van der Waals surface area contributed by atoms with Gasteiger partial charge in [0.2, 0.25) is 20.7 Å². The van der Waals surface area contributed by atoms with Gasteiger partial charge in [-0.1, -0.05) is 26.2 Å². The van der Waals surface area contributed by atoms with Gasteiger partial charge in [-0.15, -0.1) is 0 Å². The Morgan fingerprint density at radius 3 is 2.38 bits per heavy atom. The van der Waals surface area contributed by atoms with Gasteiger partial charge in [-0.3, -0.25) is 0 Å². The minimum Gasteiger partial charge on any atom is -0.424 e. The lowest BCUT2D eigenvalue weighted by molar-refractivity contribution is 0.476. The van der Waals surface area contributed by atoms with Gasteiger partial charge in [0.25, 0.3) is 0 Å².